The van der Waals surface area contributed by atoms with Crippen molar-refractivity contribution in [2.24, 2.45) is 5.92 Å². The lowest BCUT2D eigenvalue weighted by molar-refractivity contribution is -0.193. The van der Waals surface area contributed by atoms with Crippen LogP contribution in [0.5, 0.6) is 5.75 Å². The van der Waals surface area contributed by atoms with Gasteiger partial charge in [0.15, 0.2) is 0 Å². The van der Waals surface area contributed by atoms with E-state index in [1.165, 1.54) is 5.56 Å². The van der Waals surface area contributed by atoms with Crippen molar-refractivity contribution < 1.29 is 60.4 Å². The van der Waals surface area contributed by atoms with Gasteiger partial charge in [-0.3, -0.25) is 9.78 Å². The summed E-state index contributed by atoms with van der Waals surface area (Å²) in [6, 6.07) is 12.1. The molecule has 1 saturated heterocycles. The number of carboxylic acid groups (broad SMARTS) is 2. The molecule has 1 aromatic heterocycles. The molecule has 1 fully saturated rings. The maximum atomic E-state index is 11.8. The van der Waals surface area contributed by atoms with E-state index in [4.69, 9.17) is 29.3 Å². The van der Waals surface area contributed by atoms with E-state index in [1.54, 1.807) is 26.4 Å². The maximum absolute atomic E-state index is 11.8. The van der Waals surface area contributed by atoms with Crippen LogP contribution in [-0.2, 0) is 32.1 Å². The van der Waals surface area contributed by atoms with Crippen LogP contribution >= 0.6 is 0 Å². The van der Waals surface area contributed by atoms with E-state index in [-0.39, 0.29) is 17.9 Å². The number of halogens is 6. The van der Waals surface area contributed by atoms with Crippen molar-refractivity contribution in [3.63, 3.8) is 0 Å². The molecule has 1 aliphatic heterocycles. The molecule has 0 saturated carbocycles. The number of hydrogen-bond donors (Lipinski definition) is 2. The topological polar surface area (TPSA) is 126 Å². The summed E-state index contributed by atoms with van der Waals surface area (Å²) in [5.74, 6) is -4.24. The fourth-order valence-corrected chi connectivity index (χ4v) is 3.46. The number of benzene rings is 1. The number of carbonyl (C=O) groups excluding carboxylic acids is 1. The Labute approximate surface area is 225 Å². The summed E-state index contributed by atoms with van der Waals surface area (Å²) >= 11 is 0. The third-order valence-electron chi connectivity index (χ3n) is 5.46. The average molecular weight is 582 g/mol. The van der Waals surface area contributed by atoms with E-state index in [1.807, 2.05) is 29.2 Å². The second-order valence-corrected chi connectivity index (χ2v) is 8.38. The Hall–Kier alpha value is -3.88. The van der Waals surface area contributed by atoms with Crippen LogP contribution in [0, 0.1) is 5.92 Å². The van der Waals surface area contributed by atoms with E-state index in [2.05, 4.69) is 17.1 Å². The third kappa shape index (κ3) is 12.8. The van der Waals surface area contributed by atoms with Crippen molar-refractivity contribution in [3.05, 3.63) is 59.9 Å². The zero-order valence-corrected chi connectivity index (χ0v) is 21.4. The van der Waals surface area contributed by atoms with Crippen LogP contribution in [0.2, 0.25) is 0 Å². The number of rotatable bonds is 6. The molecule has 40 heavy (non-hydrogen) atoms. The molecule has 2 heterocycles. The summed E-state index contributed by atoms with van der Waals surface area (Å²) in [5.41, 5.74) is 2.36. The number of ether oxygens (including phenoxy) is 2. The standard InChI is InChI=1S/C21H26N2O3.2C2HF3O2/c1-16(24)23-12-9-21(26-15-18-7-10-22-11-8-18)19(14-23)13-17-3-5-20(25-2)6-4-17;2*3-2(4,5)1(6)7/h3-8,10-11,19,21H,9,12-15H2,1-2H3;2*(H,6,7)/t19-,21-;;/m0../s1. The number of aliphatic carboxylic acids is 2. The first-order chi connectivity index (χ1) is 18.5. The second kappa shape index (κ2) is 15.6. The van der Waals surface area contributed by atoms with Crippen LogP contribution < -0.4 is 4.74 Å². The lowest BCUT2D eigenvalue weighted by Gasteiger charge is -2.38. The highest BCUT2D eigenvalue weighted by Crippen LogP contribution is 2.26. The molecule has 0 unspecified atom stereocenters. The van der Waals surface area contributed by atoms with Crippen LogP contribution in [0.3, 0.4) is 0 Å². The summed E-state index contributed by atoms with van der Waals surface area (Å²) in [5, 5.41) is 14.2. The van der Waals surface area contributed by atoms with Crippen molar-refractivity contribution in [3.8, 4) is 5.75 Å². The fraction of sp³-hybridized carbons (Fsp3) is 0.440. The smallest absolute Gasteiger partial charge is 0.490 e. The number of likely N-dealkylation sites (tertiary alicyclic amines) is 1. The minimum atomic E-state index is -5.08. The molecule has 0 radical (unpaired) electrons. The Morgan fingerprint density at radius 1 is 0.925 bits per heavy atom. The minimum absolute atomic E-state index is 0.136. The van der Waals surface area contributed by atoms with Crippen molar-refractivity contribution in [1.82, 2.24) is 9.88 Å². The number of alkyl halides is 6. The lowest BCUT2D eigenvalue weighted by Crippen LogP contribution is -2.46. The van der Waals surface area contributed by atoms with Crippen LogP contribution in [0.15, 0.2) is 48.8 Å². The molecular weight excluding hydrogens is 554 g/mol. The number of piperidine rings is 1. The van der Waals surface area contributed by atoms with Crippen LogP contribution in [0.25, 0.3) is 0 Å². The number of amides is 1. The van der Waals surface area contributed by atoms with Crippen molar-refractivity contribution in [2.75, 3.05) is 20.2 Å². The average Bonchev–Trinajstić information content (AvgIpc) is 2.88. The Morgan fingerprint density at radius 2 is 1.43 bits per heavy atom. The SMILES string of the molecule is COc1ccc(C[C@H]2CN(C(C)=O)CC[C@@H]2OCc2ccncc2)cc1.O=C(O)C(F)(F)F.O=C(O)C(F)(F)F. The van der Waals surface area contributed by atoms with Crippen LogP contribution in [-0.4, -0.2) is 76.6 Å². The van der Waals surface area contributed by atoms with E-state index in [9.17, 15) is 31.1 Å². The third-order valence-corrected chi connectivity index (χ3v) is 5.46. The van der Waals surface area contributed by atoms with Gasteiger partial charge < -0.3 is 24.6 Å². The summed E-state index contributed by atoms with van der Waals surface area (Å²) in [6.45, 7) is 3.72. The van der Waals surface area contributed by atoms with Gasteiger partial charge in [-0.15, -0.1) is 0 Å². The molecule has 2 atom stereocenters. The first kappa shape index (κ1) is 34.1. The number of carboxylic acids is 2. The number of methoxy groups -OCH3 is 1. The predicted molar refractivity (Wildman–Crippen MR) is 127 cm³/mol. The fourth-order valence-electron chi connectivity index (χ4n) is 3.46. The summed E-state index contributed by atoms with van der Waals surface area (Å²) in [4.78, 5) is 35.6. The van der Waals surface area contributed by atoms with E-state index < -0.39 is 24.3 Å². The molecule has 0 bridgehead atoms. The largest absolute Gasteiger partial charge is 0.497 e. The number of aromatic nitrogens is 1. The number of nitrogens with zero attached hydrogens (tertiary/aromatic N) is 2. The van der Waals surface area contributed by atoms with Crippen LogP contribution in [0.1, 0.15) is 24.5 Å². The minimum Gasteiger partial charge on any atom is -0.497 e. The summed E-state index contributed by atoms with van der Waals surface area (Å²) in [7, 11) is 1.67. The monoisotopic (exact) mass is 582 g/mol. The van der Waals surface area contributed by atoms with Gasteiger partial charge in [-0.05, 0) is 48.2 Å². The second-order valence-electron chi connectivity index (χ2n) is 8.38. The first-order valence-electron chi connectivity index (χ1n) is 11.5. The van der Waals surface area contributed by atoms with E-state index >= 15 is 0 Å². The van der Waals surface area contributed by atoms with Crippen molar-refractivity contribution >= 4 is 17.8 Å². The highest BCUT2D eigenvalue weighted by molar-refractivity contribution is 5.73. The van der Waals surface area contributed by atoms with Gasteiger partial charge in [-0.1, -0.05) is 12.1 Å². The van der Waals surface area contributed by atoms with Gasteiger partial charge >= 0.3 is 24.3 Å². The zero-order chi connectivity index (χ0) is 30.5. The summed E-state index contributed by atoms with van der Waals surface area (Å²) < 4.78 is 74.9. The maximum Gasteiger partial charge on any atom is 0.490 e. The lowest BCUT2D eigenvalue weighted by atomic mass is 9.88. The molecule has 2 N–H and O–H groups in total. The molecule has 0 spiro atoms. The van der Waals surface area contributed by atoms with Crippen molar-refractivity contribution in [1.29, 1.82) is 0 Å². The highest BCUT2D eigenvalue weighted by Gasteiger charge is 2.39. The van der Waals surface area contributed by atoms with Crippen LogP contribution in [0.4, 0.5) is 26.3 Å². The van der Waals surface area contributed by atoms with Gasteiger partial charge in [0.1, 0.15) is 5.75 Å². The number of hydrogen-bond acceptors (Lipinski definition) is 6. The van der Waals surface area contributed by atoms with Gasteiger partial charge in [0.25, 0.3) is 0 Å². The molecule has 0 aliphatic carbocycles. The molecule has 1 aliphatic rings. The molecule has 2 aromatic rings. The van der Waals surface area contributed by atoms with E-state index in [0.717, 1.165) is 37.2 Å². The highest BCUT2D eigenvalue weighted by atomic mass is 19.4. The first-order valence-corrected chi connectivity index (χ1v) is 11.5. The summed E-state index contributed by atoms with van der Waals surface area (Å²) in [6.07, 6.45) is -4.71. The molecule has 15 heteroatoms. The quantitative estimate of drug-likeness (QED) is 0.482. The van der Waals surface area contributed by atoms with E-state index in [0.29, 0.717) is 6.61 Å². The van der Waals surface area contributed by atoms with Gasteiger partial charge in [-0.2, -0.15) is 26.3 Å². The normalized spacial score (nSPS) is 16.9. The zero-order valence-electron chi connectivity index (χ0n) is 21.4. The van der Waals surface area contributed by atoms with Gasteiger partial charge in [0, 0.05) is 38.3 Å². The molecular formula is C25H28F6N2O7. The molecule has 1 amide bonds. The number of carbonyl (C=O) groups is 3. The number of pyridine rings is 1. The van der Waals surface area contributed by atoms with Gasteiger partial charge in [0.2, 0.25) is 5.91 Å². The molecule has 3 rings (SSSR count). The Morgan fingerprint density at radius 3 is 1.85 bits per heavy atom. The Bertz CT molecular complexity index is 1060. The Kier molecular flexibility index (Phi) is 13.4. The molecule has 222 valence electrons. The predicted octanol–water partition coefficient (Wildman–Crippen LogP) is 4.35. The van der Waals surface area contributed by atoms with Gasteiger partial charge in [-0.25, -0.2) is 9.59 Å². The van der Waals surface area contributed by atoms with Crippen molar-refractivity contribution in [2.45, 2.75) is 44.8 Å². The Balaban J connectivity index is 0.000000473. The molecule has 9 nitrogen and oxygen atoms in total. The van der Waals surface area contributed by atoms with Gasteiger partial charge in [0.05, 0.1) is 19.8 Å². The molecule has 1 aromatic carbocycles.